The first-order valence-electron chi connectivity index (χ1n) is 9.74. The van der Waals surface area contributed by atoms with Crippen molar-refractivity contribution in [1.82, 2.24) is 10.6 Å². The lowest BCUT2D eigenvalue weighted by Crippen LogP contribution is -2.01. The van der Waals surface area contributed by atoms with Crippen molar-refractivity contribution in [3.8, 4) is 0 Å². The van der Waals surface area contributed by atoms with E-state index in [4.69, 9.17) is 0 Å². The lowest BCUT2D eigenvalue weighted by molar-refractivity contribution is -0.141. The average molecular weight is 415 g/mol. The van der Waals surface area contributed by atoms with Gasteiger partial charge in [-0.2, -0.15) is 0 Å². The van der Waals surface area contributed by atoms with Crippen LogP contribution in [0.4, 0.5) is 0 Å². The predicted octanol–water partition coefficient (Wildman–Crippen LogP) is 2.90. The van der Waals surface area contributed by atoms with Crippen LogP contribution in [0.25, 0.3) is 0 Å². The number of hydrogen-bond acceptors (Lipinski definition) is 8. The first-order valence-corrected chi connectivity index (χ1v) is 9.74. The fourth-order valence-corrected chi connectivity index (χ4v) is 0.407. The maximum atomic E-state index is 9.82. The minimum absolute atomic E-state index is 0.211. The molecule has 0 unspecified atom stereocenters. The van der Waals surface area contributed by atoms with E-state index in [1.165, 1.54) is 13.8 Å². The fraction of sp³-hybridized carbons (Fsp3) is 0.900. The normalized spacial score (nSPS) is 7.57. The highest BCUT2D eigenvalue weighted by Gasteiger charge is 1.82. The van der Waals surface area contributed by atoms with Crippen LogP contribution < -0.4 is 10.6 Å². The topological polar surface area (TPSA) is 95.1 Å². The van der Waals surface area contributed by atoms with Crippen molar-refractivity contribution in [1.29, 1.82) is 0 Å². The van der Waals surface area contributed by atoms with Gasteiger partial charge in [0.2, 0.25) is 0 Å². The summed E-state index contributed by atoms with van der Waals surface area (Å²) in [4.78, 5) is 19.6. The summed E-state index contributed by atoms with van der Waals surface area (Å²) < 4.78 is 17.9. The molecule has 176 valence electrons. The van der Waals surface area contributed by atoms with E-state index in [0.717, 1.165) is 26.3 Å². The number of rotatable bonds is 6. The molecule has 0 aliphatic carbocycles. The summed E-state index contributed by atoms with van der Waals surface area (Å²) >= 11 is 0. The van der Waals surface area contributed by atoms with Gasteiger partial charge >= 0.3 is 11.9 Å². The second kappa shape index (κ2) is 56.2. The van der Waals surface area contributed by atoms with Crippen molar-refractivity contribution in [2.75, 3.05) is 67.8 Å². The van der Waals surface area contributed by atoms with Gasteiger partial charge in [0.1, 0.15) is 0 Å². The highest BCUT2D eigenvalue weighted by molar-refractivity contribution is 5.66. The molecule has 0 aromatic rings. The van der Waals surface area contributed by atoms with Crippen LogP contribution in [0.1, 0.15) is 55.4 Å². The lowest BCUT2D eigenvalue weighted by Gasteiger charge is -1.89. The van der Waals surface area contributed by atoms with Crippen LogP contribution in [0.3, 0.4) is 0 Å². The average Bonchev–Trinajstić information content (AvgIpc) is 2.69. The Kier molecular flexibility index (Phi) is 82.8. The van der Waals surface area contributed by atoms with Crippen LogP contribution in [0.5, 0.6) is 0 Å². The van der Waals surface area contributed by atoms with Gasteiger partial charge < -0.3 is 29.6 Å². The monoisotopic (exact) mass is 414 g/mol. The molecule has 0 radical (unpaired) electrons. The summed E-state index contributed by atoms with van der Waals surface area (Å²) in [6, 6.07) is 0. The molecular formula is C20H50N2O6. The Balaban J connectivity index is -0.0000000525. The number of nitrogens with one attached hydrogen (secondary N) is 2. The van der Waals surface area contributed by atoms with Crippen molar-refractivity contribution >= 4 is 11.9 Å². The quantitative estimate of drug-likeness (QED) is 0.641. The summed E-state index contributed by atoms with van der Waals surface area (Å²) in [5.41, 5.74) is 0. The van der Waals surface area contributed by atoms with Crippen LogP contribution in [0, 0.1) is 0 Å². The van der Waals surface area contributed by atoms with E-state index in [1.54, 1.807) is 28.1 Å². The smallest absolute Gasteiger partial charge is 0.302 e. The molecule has 8 nitrogen and oxygen atoms in total. The van der Waals surface area contributed by atoms with E-state index in [9.17, 15) is 9.59 Å². The van der Waals surface area contributed by atoms with Crippen LogP contribution >= 0.6 is 0 Å². The third kappa shape index (κ3) is 182. The Morgan fingerprint density at radius 3 is 0.786 bits per heavy atom. The fourth-order valence-electron chi connectivity index (χ4n) is 0.407. The van der Waals surface area contributed by atoms with Gasteiger partial charge in [0.25, 0.3) is 0 Å². The molecule has 0 saturated carbocycles. The summed E-state index contributed by atoms with van der Waals surface area (Å²) in [6.45, 7) is 19.1. The van der Waals surface area contributed by atoms with Gasteiger partial charge in [0.05, 0.1) is 13.2 Å². The molecule has 0 aromatic carbocycles. The molecule has 0 fully saturated rings. The Morgan fingerprint density at radius 2 is 0.786 bits per heavy atom. The third-order valence-corrected chi connectivity index (χ3v) is 1.98. The largest absolute Gasteiger partial charge is 0.466 e. The van der Waals surface area contributed by atoms with E-state index in [0.29, 0.717) is 13.2 Å². The van der Waals surface area contributed by atoms with Crippen molar-refractivity contribution in [3.05, 3.63) is 0 Å². The number of methoxy groups -OCH3 is 2. The molecule has 8 heteroatoms. The number of carbonyl (C=O) groups excluding carboxylic acids is 2. The molecular weight excluding hydrogens is 364 g/mol. The molecule has 0 bridgehead atoms. The Hall–Kier alpha value is -1.22. The molecule has 0 aliphatic heterocycles. The SMILES string of the molecule is CCNC.CCNC.CCOC.CCOC.CCOC(C)=O.CCOC(C)=O. The molecule has 28 heavy (non-hydrogen) atoms. The summed E-state index contributed by atoms with van der Waals surface area (Å²) in [6.07, 6.45) is 0. The maximum Gasteiger partial charge on any atom is 0.302 e. The molecule has 0 heterocycles. The Bertz CT molecular complexity index is 203. The molecule has 0 aliphatic rings. The first-order chi connectivity index (χ1) is 13.2. The minimum atomic E-state index is -0.211. The first kappa shape index (κ1) is 41.2. The minimum Gasteiger partial charge on any atom is -0.466 e. The van der Waals surface area contributed by atoms with E-state index in [-0.39, 0.29) is 11.9 Å². The van der Waals surface area contributed by atoms with Crippen molar-refractivity contribution < 1.29 is 28.5 Å². The van der Waals surface area contributed by atoms with E-state index in [1.807, 2.05) is 27.9 Å². The number of ether oxygens (including phenoxy) is 4. The van der Waals surface area contributed by atoms with Crippen LogP contribution in [-0.2, 0) is 28.5 Å². The van der Waals surface area contributed by atoms with Crippen LogP contribution in [0.15, 0.2) is 0 Å². The standard InChI is InChI=1S/2C4H8O2.2C3H9N.2C3H8O/c2*1-3-6-4(2)5;4*1-3-4-2/h2*3H2,1-2H3;2*4H,3H2,1-2H3;2*3H2,1-2H3. The number of esters is 2. The molecule has 2 N–H and O–H groups in total. The van der Waals surface area contributed by atoms with Gasteiger partial charge in [-0.3, -0.25) is 9.59 Å². The molecule has 0 rings (SSSR count). The summed E-state index contributed by atoms with van der Waals surface area (Å²) in [7, 11) is 7.22. The lowest BCUT2D eigenvalue weighted by atomic mass is 10.8. The van der Waals surface area contributed by atoms with E-state index >= 15 is 0 Å². The zero-order chi connectivity index (χ0) is 23.6. The second-order valence-electron chi connectivity index (χ2n) is 4.42. The molecule has 0 spiro atoms. The number of carbonyl (C=O) groups is 2. The molecule has 0 atom stereocenters. The molecule has 0 aromatic heterocycles. The van der Waals surface area contributed by atoms with Gasteiger partial charge in [0, 0.05) is 41.3 Å². The van der Waals surface area contributed by atoms with Gasteiger partial charge in [-0.15, -0.1) is 0 Å². The summed E-state index contributed by atoms with van der Waals surface area (Å²) in [5, 5.41) is 5.86. The summed E-state index contributed by atoms with van der Waals surface area (Å²) in [5.74, 6) is -0.421. The third-order valence-electron chi connectivity index (χ3n) is 1.98. The van der Waals surface area contributed by atoms with Gasteiger partial charge in [-0.1, -0.05) is 13.8 Å². The van der Waals surface area contributed by atoms with Crippen LogP contribution in [-0.4, -0.2) is 79.8 Å². The van der Waals surface area contributed by atoms with Crippen molar-refractivity contribution in [2.24, 2.45) is 0 Å². The highest BCUT2D eigenvalue weighted by atomic mass is 16.5. The highest BCUT2D eigenvalue weighted by Crippen LogP contribution is 1.70. The van der Waals surface area contributed by atoms with Gasteiger partial charge in [-0.05, 0) is 54.9 Å². The Labute approximate surface area is 175 Å². The number of hydrogen-bond donors (Lipinski definition) is 2. The predicted molar refractivity (Wildman–Crippen MR) is 119 cm³/mol. The van der Waals surface area contributed by atoms with Crippen molar-refractivity contribution in [2.45, 2.75) is 55.4 Å². The molecule has 0 amide bonds. The van der Waals surface area contributed by atoms with Crippen molar-refractivity contribution in [3.63, 3.8) is 0 Å². The van der Waals surface area contributed by atoms with E-state index < -0.39 is 0 Å². The van der Waals surface area contributed by atoms with Gasteiger partial charge in [-0.25, -0.2) is 0 Å². The second-order valence-corrected chi connectivity index (χ2v) is 4.42. The van der Waals surface area contributed by atoms with E-state index in [2.05, 4.69) is 43.4 Å². The maximum absolute atomic E-state index is 9.82. The zero-order valence-corrected chi connectivity index (χ0v) is 20.7. The Morgan fingerprint density at radius 1 is 0.607 bits per heavy atom. The van der Waals surface area contributed by atoms with Crippen LogP contribution in [0.2, 0.25) is 0 Å². The zero-order valence-electron chi connectivity index (χ0n) is 20.7. The molecule has 0 saturated heterocycles. The van der Waals surface area contributed by atoms with Gasteiger partial charge in [0.15, 0.2) is 0 Å².